The summed E-state index contributed by atoms with van der Waals surface area (Å²) in [6, 6.07) is 18.8. The van der Waals surface area contributed by atoms with Crippen LogP contribution in [0.5, 0.6) is 5.75 Å². The highest BCUT2D eigenvalue weighted by atomic mass is 79.9. The highest BCUT2D eigenvalue weighted by Gasteiger charge is 2.28. The minimum Gasteiger partial charge on any atom is -0.494 e. The molecule has 0 aliphatic rings. The number of benzene rings is 3. The van der Waals surface area contributed by atoms with Crippen molar-refractivity contribution >= 4 is 37.5 Å². The topological polar surface area (TPSA) is 75.7 Å². The lowest BCUT2D eigenvalue weighted by Crippen LogP contribution is -2.41. The number of nitrogens with zero attached hydrogens (tertiary/aromatic N) is 1. The Hall–Kier alpha value is -2.84. The van der Waals surface area contributed by atoms with E-state index in [-0.39, 0.29) is 17.5 Å². The Kier molecular flexibility index (Phi) is 8.38. The summed E-state index contributed by atoms with van der Waals surface area (Å²) in [5.74, 6) is 0.225. The monoisotopic (exact) mass is 544 g/mol. The average Bonchev–Trinajstić information content (AvgIpc) is 2.80. The molecule has 8 heteroatoms. The van der Waals surface area contributed by atoms with Crippen molar-refractivity contribution in [2.45, 2.75) is 38.6 Å². The second kappa shape index (κ2) is 11.1. The lowest BCUT2D eigenvalue weighted by molar-refractivity contribution is -0.120. The number of sulfonamides is 1. The van der Waals surface area contributed by atoms with Crippen LogP contribution in [-0.2, 0) is 14.8 Å². The molecule has 0 aliphatic carbocycles. The van der Waals surface area contributed by atoms with E-state index in [1.165, 1.54) is 12.1 Å². The summed E-state index contributed by atoms with van der Waals surface area (Å²) in [5.41, 5.74) is 3.53. The van der Waals surface area contributed by atoms with Crippen LogP contribution in [0.2, 0.25) is 0 Å². The van der Waals surface area contributed by atoms with E-state index in [0.29, 0.717) is 18.0 Å². The van der Waals surface area contributed by atoms with Crippen LogP contribution in [0.4, 0.5) is 5.69 Å². The lowest BCUT2D eigenvalue weighted by Gasteiger charge is -2.25. The first-order chi connectivity index (χ1) is 16.1. The molecule has 0 bridgehead atoms. The van der Waals surface area contributed by atoms with Gasteiger partial charge in [-0.15, -0.1) is 0 Å². The second-order valence-corrected chi connectivity index (χ2v) is 10.8. The number of hydrogen-bond acceptors (Lipinski definition) is 4. The molecule has 1 atom stereocenters. The van der Waals surface area contributed by atoms with Crippen molar-refractivity contribution in [1.29, 1.82) is 0 Å². The predicted octanol–water partition coefficient (Wildman–Crippen LogP) is 5.54. The summed E-state index contributed by atoms with van der Waals surface area (Å²) in [6.07, 6.45) is 0. The van der Waals surface area contributed by atoms with Crippen LogP contribution in [0.1, 0.15) is 36.6 Å². The van der Waals surface area contributed by atoms with Crippen LogP contribution in [-0.4, -0.2) is 27.5 Å². The van der Waals surface area contributed by atoms with Crippen molar-refractivity contribution in [3.05, 3.63) is 87.9 Å². The molecule has 0 spiro atoms. The van der Waals surface area contributed by atoms with Crippen LogP contribution in [0.25, 0.3) is 0 Å². The molecule has 1 amide bonds. The van der Waals surface area contributed by atoms with Crippen LogP contribution >= 0.6 is 15.9 Å². The van der Waals surface area contributed by atoms with E-state index in [9.17, 15) is 13.2 Å². The van der Waals surface area contributed by atoms with Crippen molar-refractivity contribution in [1.82, 2.24) is 5.32 Å². The zero-order chi connectivity index (χ0) is 24.9. The van der Waals surface area contributed by atoms with Gasteiger partial charge in [-0.3, -0.25) is 9.10 Å². The van der Waals surface area contributed by atoms with E-state index in [1.54, 1.807) is 36.4 Å². The normalized spacial score (nSPS) is 12.1. The number of ether oxygens (including phenoxy) is 1. The summed E-state index contributed by atoms with van der Waals surface area (Å²) in [6.45, 7) is 7.89. The molecule has 3 aromatic rings. The zero-order valence-electron chi connectivity index (χ0n) is 19.7. The van der Waals surface area contributed by atoms with Crippen molar-refractivity contribution in [3.8, 4) is 5.75 Å². The van der Waals surface area contributed by atoms with Gasteiger partial charge in [-0.25, -0.2) is 8.42 Å². The van der Waals surface area contributed by atoms with Gasteiger partial charge in [0.15, 0.2) is 0 Å². The SMILES string of the molecule is CCOc1ccc(N(CC(=O)NC(C)c2cc(C)ccc2C)S(=O)(=O)c2ccc(Br)cc2)cc1. The molecule has 0 saturated heterocycles. The Morgan fingerprint density at radius 1 is 1.03 bits per heavy atom. The Labute approximate surface area is 210 Å². The molecular weight excluding hydrogens is 516 g/mol. The maximum Gasteiger partial charge on any atom is 0.264 e. The number of carbonyl (C=O) groups excluding carboxylic acids is 1. The van der Waals surface area contributed by atoms with Gasteiger partial charge in [0.05, 0.1) is 23.2 Å². The number of rotatable bonds is 9. The molecule has 6 nitrogen and oxygen atoms in total. The van der Waals surface area contributed by atoms with Gasteiger partial charge in [-0.1, -0.05) is 39.7 Å². The van der Waals surface area contributed by atoms with Crippen molar-refractivity contribution in [3.63, 3.8) is 0 Å². The molecule has 0 saturated carbocycles. The predicted molar refractivity (Wildman–Crippen MR) is 139 cm³/mol. The third-order valence-corrected chi connectivity index (χ3v) is 7.72. The van der Waals surface area contributed by atoms with Gasteiger partial charge >= 0.3 is 0 Å². The van der Waals surface area contributed by atoms with Crippen LogP contribution < -0.4 is 14.4 Å². The summed E-state index contributed by atoms with van der Waals surface area (Å²) in [7, 11) is -4.00. The molecule has 0 fully saturated rings. The molecule has 1 unspecified atom stereocenters. The maximum atomic E-state index is 13.5. The maximum absolute atomic E-state index is 13.5. The van der Waals surface area contributed by atoms with Gasteiger partial charge in [0.25, 0.3) is 10.0 Å². The van der Waals surface area contributed by atoms with Crippen molar-refractivity contribution < 1.29 is 17.9 Å². The lowest BCUT2D eigenvalue weighted by atomic mass is 10.00. The van der Waals surface area contributed by atoms with Crippen LogP contribution in [0.15, 0.2) is 76.1 Å². The fraction of sp³-hybridized carbons (Fsp3) is 0.269. The van der Waals surface area contributed by atoms with E-state index >= 15 is 0 Å². The zero-order valence-corrected chi connectivity index (χ0v) is 22.1. The van der Waals surface area contributed by atoms with Gasteiger partial charge in [0.1, 0.15) is 12.3 Å². The van der Waals surface area contributed by atoms with E-state index in [0.717, 1.165) is 25.5 Å². The molecule has 3 aromatic carbocycles. The Morgan fingerprint density at radius 3 is 2.29 bits per heavy atom. The summed E-state index contributed by atoms with van der Waals surface area (Å²) in [4.78, 5) is 13.2. The first kappa shape index (κ1) is 25.8. The van der Waals surface area contributed by atoms with Gasteiger partial charge in [0, 0.05) is 4.47 Å². The molecular formula is C26H29BrN2O4S. The van der Waals surface area contributed by atoms with Crippen molar-refractivity contribution in [2.75, 3.05) is 17.5 Å². The summed E-state index contributed by atoms with van der Waals surface area (Å²) >= 11 is 3.33. The number of halogens is 1. The molecule has 0 heterocycles. The highest BCUT2D eigenvalue weighted by molar-refractivity contribution is 9.10. The minimum absolute atomic E-state index is 0.0972. The van der Waals surface area contributed by atoms with Gasteiger partial charge in [-0.2, -0.15) is 0 Å². The van der Waals surface area contributed by atoms with E-state index in [1.807, 2.05) is 45.9 Å². The standard InChI is InChI=1S/C26H29BrN2O4S/c1-5-33-23-12-10-22(11-13-23)29(34(31,32)24-14-8-21(27)9-15-24)17-26(30)28-20(4)25-16-18(2)6-7-19(25)3/h6-16,20H,5,17H2,1-4H3,(H,28,30). The number of anilines is 1. The molecule has 180 valence electrons. The first-order valence-electron chi connectivity index (χ1n) is 11.0. The highest BCUT2D eigenvalue weighted by Crippen LogP contribution is 2.27. The molecule has 1 N–H and O–H groups in total. The fourth-order valence-corrected chi connectivity index (χ4v) is 5.33. The second-order valence-electron chi connectivity index (χ2n) is 8.04. The molecule has 3 rings (SSSR count). The average molecular weight is 545 g/mol. The summed E-state index contributed by atoms with van der Waals surface area (Å²) in [5, 5.41) is 2.95. The largest absolute Gasteiger partial charge is 0.494 e. The number of nitrogens with one attached hydrogen (secondary N) is 1. The van der Waals surface area contributed by atoms with Gasteiger partial charge in [0.2, 0.25) is 5.91 Å². The number of aryl methyl sites for hydroxylation is 2. The smallest absolute Gasteiger partial charge is 0.264 e. The third kappa shape index (κ3) is 6.18. The molecule has 0 radical (unpaired) electrons. The van der Waals surface area contributed by atoms with Crippen LogP contribution in [0.3, 0.4) is 0 Å². The quantitative estimate of drug-likeness (QED) is 0.383. The minimum atomic E-state index is -4.00. The van der Waals surface area contributed by atoms with E-state index < -0.39 is 15.9 Å². The van der Waals surface area contributed by atoms with Crippen LogP contribution in [0, 0.1) is 13.8 Å². The third-order valence-electron chi connectivity index (χ3n) is 5.40. The Balaban J connectivity index is 1.91. The molecule has 34 heavy (non-hydrogen) atoms. The van der Waals surface area contributed by atoms with Gasteiger partial charge < -0.3 is 10.1 Å². The fourth-order valence-electron chi connectivity index (χ4n) is 3.65. The number of amides is 1. The van der Waals surface area contributed by atoms with Gasteiger partial charge in [-0.05, 0) is 87.4 Å². The summed E-state index contributed by atoms with van der Waals surface area (Å²) < 4.78 is 34.4. The number of carbonyl (C=O) groups is 1. The van der Waals surface area contributed by atoms with E-state index in [4.69, 9.17) is 4.74 Å². The molecule has 0 aromatic heterocycles. The Morgan fingerprint density at radius 2 is 1.68 bits per heavy atom. The van der Waals surface area contributed by atoms with Crippen molar-refractivity contribution in [2.24, 2.45) is 0 Å². The molecule has 0 aliphatic heterocycles. The Bertz CT molecular complexity index is 1240. The number of hydrogen-bond donors (Lipinski definition) is 1. The van der Waals surface area contributed by atoms with E-state index in [2.05, 4.69) is 21.2 Å². The first-order valence-corrected chi connectivity index (χ1v) is 13.2.